The van der Waals surface area contributed by atoms with E-state index in [-0.39, 0.29) is 5.69 Å². The van der Waals surface area contributed by atoms with Gasteiger partial charge < -0.3 is 10.8 Å². The average Bonchev–Trinajstić information content (AvgIpc) is 2.16. The zero-order valence-electron chi connectivity index (χ0n) is 8.31. The van der Waals surface area contributed by atoms with Crippen molar-refractivity contribution in [2.75, 3.05) is 5.73 Å². The molecule has 0 aliphatic carbocycles. The molecule has 1 aromatic carbocycles. The Morgan fingerprint density at radius 2 is 1.82 bits per heavy atom. The molecule has 0 saturated heterocycles. The normalized spacial score (nSPS) is 12.9. The molecular formula is C8H8N2O6S. The van der Waals surface area contributed by atoms with Crippen LogP contribution in [-0.4, -0.2) is 29.8 Å². The van der Waals surface area contributed by atoms with Crippen molar-refractivity contribution in [1.82, 2.24) is 0 Å². The van der Waals surface area contributed by atoms with E-state index in [9.17, 15) is 23.3 Å². The number of rotatable bonds is 4. The van der Waals surface area contributed by atoms with Gasteiger partial charge in [0.05, 0.1) is 9.82 Å². The van der Waals surface area contributed by atoms with Crippen LogP contribution in [-0.2, 0) is 14.6 Å². The van der Waals surface area contributed by atoms with Crippen molar-refractivity contribution in [2.24, 2.45) is 0 Å². The molecular weight excluding hydrogens is 252 g/mol. The Morgan fingerprint density at radius 3 is 2.18 bits per heavy atom. The number of hydrogen-bond donors (Lipinski definition) is 2. The van der Waals surface area contributed by atoms with Gasteiger partial charge in [0, 0.05) is 5.69 Å². The highest BCUT2D eigenvalue weighted by molar-refractivity contribution is 7.92. The Kier molecular flexibility index (Phi) is 3.32. The van der Waals surface area contributed by atoms with Crippen LogP contribution in [0.25, 0.3) is 0 Å². The molecule has 0 aliphatic heterocycles. The number of hydrogen-bond acceptors (Lipinski definition) is 6. The fourth-order valence-corrected chi connectivity index (χ4v) is 2.39. The summed E-state index contributed by atoms with van der Waals surface area (Å²) in [5.41, 5.74) is 5.58. The number of carboxylic acids is 1. The molecule has 0 heterocycles. The van der Waals surface area contributed by atoms with Crippen LogP contribution in [0.1, 0.15) is 0 Å². The molecule has 0 saturated carbocycles. The molecule has 0 radical (unpaired) electrons. The number of nitrogen functional groups attached to an aromatic ring is 1. The van der Waals surface area contributed by atoms with Crippen LogP contribution >= 0.6 is 0 Å². The van der Waals surface area contributed by atoms with E-state index in [1.165, 1.54) is 12.1 Å². The highest BCUT2D eigenvalue weighted by Gasteiger charge is 2.44. The van der Waals surface area contributed by atoms with Gasteiger partial charge in [-0.3, -0.25) is 10.1 Å². The summed E-state index contributed by atoms with van der Waals surface area (Å²) in [5.74, 6) is -2.04. The van der Waals surface area contributed by atoms with Crippen molar-refractivity contribution < 1.29 is 23.2 Å². The Hall–Kier alpha value is -2.16. The third kappa shape index (κ3) is 2.50. The van der Waals surface area contributed by atoms with Crippen LogP contribution in [0.15, 0.2) is 29.2 Å². The first-order valence-corrected chi connectivity index (χ1v) is 5.77. The summed E-state index contributed by atoms with van der Waals surface area (Å²) in [5, 5.41) is 16.3. The van der Waals surface area contributed by atoms with E-state index in [0.29, 0.717) is 0 Å². The minimum absolute atomic E-state index is 0.261. The van der Waals surface area contributed by atoms with Gasteiger partial charge in [-0.1, -0.05) is 0 Å². The molecule has 0 amide bonds. The lowest BCUT2D eigenvalue weighted by atomic mass is 10.3. The Balaban J connectivity index is 3.31. The number of carbonyl (C=O) groups is 1. The lowest BCUT2D eigenvalue weighted by molar-refractivity contribution is -0.486. The summed E-state index contributed by atoms with van der Waals surface area (Å²) < 4.78 is 23.3. The predicted octanol–water partition coefficient (Wildman–Crippen LogP) is -0.270. The molecule has 1 unspecified atom stereocenters. The molecule has 9 heteroatoms. The van der Waals surface area contributed by atoms with Crippen molar-refractivity contribution in [3.8, 4) is 0 Å². The summed E-state index contributed by atoms with van der Waals surface area (Å²) in [6.45, 7) is 0. The molecule has 0 aliphatic rings. The van der Waals surface area contributed by atoms with E-state index < -0.39 is 31.0 Å². The van der Waals surface area contributed by atoms with E-state index in [0.717, 1.165) is 12.1 Å². The molecule has 1 aromatic rings. The van der Waals surface area contributed by atoms with Gasteiger partial charge >= 0.3 is 11.3 Å². The van der Waals surface area contributed by atoms with Crippen LogP contribution in [0.4, 0.5) is 5.69 Å². The number of benzene rings is 1. The van der Waals surface area contributed by atoms with Crippen LogP contribution in [0.2, 0.25) is 0 Å². The number of nitrogens with zero attached hydrogens (tertiary/aromatic N) is 1. The SMILES string of the molecule is Nc1ccc(S(=O)(=O)C(C(=O)O)[N+](=O)[O-])cc1. The number of carboxylic acid groups (broad SMARTS) is 1. The van der Waals surface area contributed by atoms with Crippen LogP contribution in [0.5, 0.6) is 0 Å². The van der Waals surface area contributed by atoms with Gasteiger partial charge in [-0.15, -0.1) is 0 Å². The van der Waals surface area contributed by atoms with E-state index in [1.54, 1.807) is 0 Å². The molecule has 17 heavy (non-hydrogen) atoms. The maximum Gasteiger partial charge on any atom is 0.408 e. The van der Waals surface area contributed by atoms with Gasteiger partial charge in [-0.25, -0.2) is 13.2 Å². The van der Waals surface area contributed by atoms with Crippen molar-refractivity contribution in [3.05, 3.63) is 34.4 Å². The topological polar surface area (TPSA) is 141 Å². The minimum Gasteiger partial charge on any atom is -0.475 e. The maximum atomic E-state index is 11.7. The molecule has 8 nitrogen and oxygen atoms in total. The first-order chi connectivity index (χ1) is 7.76. The van der Waals surface area contributed by atoms with Gasteiger partial charge in [-0.2, -0.15) is 0 Å². The number of nitro groups is 1. The first kappa shape index (κ1) is 12.9. The second-order valence-electron chi connectivity index (χ2n) is 3.09. The predicted molar refractivity (Wildman–Crippen MR) is 56.5 cm³/mol. The Morgan fingerprint density at radius 1 is 1.35 bits per heavy atom. The number of sulfone groups is 1. The second-order valence-corrected chi connectivity index (χ2v) is 5.10. The number of nitrogens with two attached hydrogens (primary N) is 1. The summed E-state index contributed by atoms with van der Waals surface area (Å²) in [4.78, 5) is 19.2. The minimum atomic E-state index is -4.57. The highest BCUT2D eigenvalue weighted by Crippen LogP contribution is 2.18. The van der Waals surface area contributed by atoms with E-state index in [4.69, 9.17) is 10.8 Å². The standard InChI is InChI=1S/C8H8N2O6S/c9-5-1-3-6(4-2-5)17(15,16)7(8(11)12)10(13)14/h1-4,7H,9H2,(H,11,12). The zero-order chi connectivity index (χ0) is 13.2. The number of aliphatic carboxylic acids is 1. The molecule has 0 bridgehead atoms. The van der Waals surface area contributed by atoms with Crippen LogP contribution < -0.4 is 5.73 Å². The largest absolute Gasteiger partial charge is 0.475 e. The van der Waals surface area contributed by atoms with Gasteiger partial charge in [0.2, 0.25) is 0 Å². The lowest BCUT2D eigenvalue weighted by Gasteiger charge is -2.06. The Labute approximate surface area is 95.7 Å². The molecule has 3 N–H and O–H groups in total. The fraction of sp³-hybridized carbons (Fsp3) is 0.125. The molecule has 1 atom stereocenters. The summed E-state index contributed by atoms with van der Waals surface area (Å²) in [6, 6.07) is 4.46. The third-order valence-corrected chi connectivity index (χ3v) is 3.80. The van der Waals surface area contributed by atoms with Crippen molar-refractivity contribution >= 4 is 21.5 Å². The van der Waals surface area contributed by atoms with Crippen molar-refractivity contribution in [1.29, 1.82) is 0 Å². The molecule has 92 valence electrons. The molecule has 0 aromatic heterocycles. The molecule has 1 rings (SSSR count). The molecule has 0 fully saturated rings. The summed E-state index contributed by atoms with van der Waals surface area (Å²) in [6.07, 6.45) is 0. The quantitative estimate of drug-likeness (QED) is 0.431. The van der Waals surface area contributed by atoms with Gasteiger partial charge in [0.25, 0.3) is 9.84 Å². The van der Waals surface area contributed by atoms with E-state index in [1.807, 2.05) is 0 Å². The van der Waals surface area contributed by atoms with Gasteiger partial charge in [-0.05, 0) is 24.3 Å². The highest BCUT2D eigenvalue weighted by atomic mass is 32.2. The Bertz CT molecular complexity index is 536. The van der Waals surface area contributed by atoms with Gasteiger partial charge in [0.1, 0.15) is 0 Å². The number of anilines is 1. The summed E-state index contributed by atoms with van der Waals surface area (Å²) in [7, 11) is -4.57. The molecule has 0 spiro atoms. The fourth-order valence-electron chi connectivity index (χ4n) is 1.12. The average molecular weight is 260 g/mol. The van der Waals surface area contributed by atoms with E-state index >= 15 is 0 Å². The first-order valence-electron chi connectivity index (χ1n) is 4.22. The van der Waals surface area contributed by atoms with Gasteiger partial charge in [0.15, 0.2) is 0 Å². The third-order valence-electron chi connectivity index (χ3n) is 1.91. The second kappa shape index (κ2) is 4.37. The van der Waals surface area contributed by atoms with Crippen molar-refractivity contribution in [3.63, 3.8) is 0 Å². The van der Waals surface area contributed by atoms with Crippen molar-refractivity contribution in [2.45, 2.75) is 10.3 Å². The zero-order valence-corrected chi connectivity index (χ0v) is 9.12. The van der Waals surface area contributed by atoms with E-state index in [2.05, 4.69) is 0 Å². The van der Waals surface area contributed by atoms with Crippen LogP contribution in [0.3, 0.4) is 0 Å². The smallest absolute Gasteiger partial charge is 0.408 e. The monoisotopic (exact) mass is 260 g/mol. The van der Waals surface area contributed by atoms with Crippen LogP contribution in [0, 0.1) is 10.1 Å². The maximum absolute atomic E-state index is 11.7. The lowest BCUT2D eigenvalue weighted by Crippen LogP contribution is -2.37. The summed E-state index contributed by atoms with van der Waals surface area (Å²) >= 11 is 0.